The third-order valence-corrected chi connectivity index (χ3v) is 2.84. The Morgan fingerprint density at radius 2 is 2.00 bits per heavy atom. The van der Waals surface area contributed by atoms with Crippen molar-refractivity contribution in [2.75, 3.05) is 0 Å². The van der Waals surface area contributed by atoms with Crippen LogP contribution in [0.2, 0.25) is 0 Å². The van der Waals surface area contributed by atoms with Crippen molar-refractivity contribution < 1.29 is 5.11 Å². The highest BCUT2D eigenvalue weighted by Crippen LogP contribution is 2.25. The van der Waals surface area contributed by atoms with E-state index < -0.39 is 6.10 Å². The van der Waals surface area contributed by atoms with Crippen molar-refractivity contribution in [2.45, 2.75) is 23.1 Å². The quantitative estimate of drug-likeness (QED) is 0.879. The van der Waals surface area contributed by atoms with E-state index >= 15 is 0 Å². The molecule has 0 saturated carbocycles. The Kier molecular flexibility index (Phi) is 3.48. The minimum Gasteiger partial charge on any atom is -0.389 e. The molecule has 1 N–H and O–H groups in total. The molecule has 0 aliphatic carbocycles. The number of rotatable bonds is 3. The maximum atomic E-state index is 9.45. The van der Waals surface area contributed by atoms with Crippen LogP contribution in [0, 0.1) is 0 Å². The largest absolute Gasteiger partial charge is 0.389 e. The highest BCUT2D eigenvalue weighted by Gasteiger charge is 2.04. The van der Waals surface area contributed by atoms with Gasteiger partial charge in [0.1, 0.15) is 10.1 Å². The topological polar surface area (TPSA) is 58.9 Å². The van der Waals surface area contributed by atoms with Gasteiger partial charge in [-0.05, 0) is 36.4 Å². The maximum absolute atomic E-state index is 9.45. The molecule has 0 fully saturated rings. The lowest BCUT2D eigenvalue weighted by atomic mass is 10.2. The number of aliphatic hydroxyl groups excluding tert-OH is 1. The summed E-state index contributed by atoms with van der Waals surface area (Å²) in [6.45, 7) is 1.73. The van der Waals surface area contributed by atoms with E-state index in [-0.39, 0.29) is 0 Å². The Labute approximate surface area is 97.8 Å². The molecule has 16 heavy (non-hydrogen) atoms. The summed E-state index contributed by atoms with van der Waals surface area (Å²) in [7, 11) is 0. The molecular weight excluding hydrogens is 222 g/mol. The molecule has 2 aromatic heterocycles. The Morgan fingerprint density at radius 3 is 2.69 bits per heavy atom. The summed E-state index contributed by atoms with van der Waals surface area (Å²) in [5.41, 5.74) is 0.849. The Balaban J connectivity index is 2.19. The lowest BCUT2D eigenvalue weighted by Gasteiger charge is -2.05. The van der Waals surface area contributed by atoms with E-state index in [0.717, 1.165) is 15.6 Å². The minimum atomic E-state index is -0.482. The van der Waals surface area contributed by atoms with Crippen LogP contribution >= 0.6 is 11.8 Å². The number of hydrogen-bond acceptors (Lipinski definition) is 5. The van der Waals surface area contributed by atoms with Gasteiger partial charge in [-0.1, -0.05) is 0 Å². The zero-order valence-corrected chi connectivity index (χ0v) is 9.56. The molecule has 0 amide bonds. The summed E-state index contributed by atoms with van der Waals surface area (Å²) in [5, 5.41) is 11.0. The first-order chi connectivity index (χ1) is 7.75. The smallest absolute Gasteiger partial charge is 0.121 e. The number of pyridine rings is 1. The molecule has 0 radical (unpaired) electrons. The van der Waals surface area contributed by atoms with Gasteiger partial charge in [0.25, 0.3) is 0 Å². The molecule has 0 bridgehead atoms. The standard InChI is InChI=1S/C11H11N3OS/c1-8(15)9-2-3-13-10(6-9)16-11-7-12-4-5-14-11/h2-8,15H,1H3/t8-/m1/s1. The van der Waals surface area contributed by atoms with Crippen molar-refractivity contribution in [3.05, 3.63) is 42.5 Å². The van der Waals surface area contributed by atoms with E-state index in [4.69, 9.17) is 0 Å². The SMILES string of the molecule is C[C@@H](O)c1ccnc(Sc2cnccn2)c1. The first-order valence-corrected chi connectivity index (χ1v) is 5.65. The van der Waals surface area contributed by atoms with Crippen molar-refractivity contribution >= 4 is 11.8 Å². The number of aromatic nitrogens is 3. The molecule has 0 saturated heterocycles. The van der Waals surface area contributed by atoms with Crippen LogP contribution in [0.3, 0.4) is 0 Å². The normalized spacial score (nSPS) is 12.4. The molecule has 0 unspecified atom stereocenters. The predicted octanol–water partition coefficient (Wildman–Crippen LogP) is 2.08. The van der Waals surface area contributed by atoms with Gasteiger partial charge < -0.3 is 5.11 Å². The fourth-order valence-electron chi connectivity index (χ4n) is 1.19. The summed E-state index contributed by atoms with van der Waals surface area (Å²) >= 11 is 1.42. The Morgan fingerprint density at radius 1 is 1.19 bits per heavy atom. The van der Waals surface area contributed by atoms with E-state index in [1.165, 1.54) is 11.8 Å². The van der Waals surface area contributed by atoms with E-state index in [1.807, 2.05) is 6.07 Å². The zero-order chi connectivity index (χ0) is 11.4. The second kappa shape index (κ2) is 5.05. The zero-order valence-electron chi connectivity index (χ0n) is 8.74. The van der Waals surface area contributed by atoms with Crippen LogP contribution in [0.5, 0.6) is 0 Å². The molecule has 0 aliphatic heterocycles. The maximum Gasteiger partial charge on any atom is 0.121 e. The molecule has 4 nitrogen and oxygen atoms in total. The number of aliphatic hydroxyl groups is 1. The van der Waals surface area contributed by atoms with Crippen LogP contribution in [0.4, 0.5) is 0 Å². The van der Waals surface area contributed by atoms with Crippen molar-refractivity contribution in [1.82, 2.24) is 15.0 Å². The van der Waals surface area contributed by atoms with Gasteiger partial charge >= 0.3 is 0 Å². The van der Waals surface area contributed by atoms with Crippen LogP contribution in [0.15, 0.2) is 47.0 Å². The molecule has 2 heterocycles. The van der Waals surface area contributed by atoms with Gasteiger partial charge in [0, 0.05) is 18.6 Å². The van der Waals surface area contributed by atoms with E-state index in [2.05, 4.69) is 15.0 Å². The fourth-order valence-corrected chi connectivity index (χ4v) is 1.94. The van der Waals surface area contributed by atoms with Crippen LogP contribution in [0.25, 0.3) is 0 Å². The first kappa shape index (κ1) is 11.0. The van der Waals surface area contributed by atoms with Crippen LogP contribution in [0.1, 0.15) is 18.6 Å². The van der Waals surface area contributed by atoms with Gasteiger partial charge in [-0.25, -0.2) is 9.97 Å². The lowest BCUT2D eigenvalue weighted by molar-refractivity contribution is 0.199. The van der Waals surface area contributed by atoms with E-state index in [9.17, 15) is 5.11 Å². The van der Waals surface area contributed by atoms with Crippen LogP contribution in [-0.2, 0) is 0 Å². The Hall–Kier alpha value is -1.46. The molecule has 2 aromatic rings. The van der Waals surface area contributed by atoms with Gasteiger partial charge in [0.2, 0.25) is 0 Å². The van der Waals surface area contributed by atoms with Crippen molar-refractivity contribution in [2.24, 2.45) is 0 Å². The first-order valence-electron chi connectivity index (χ1n) is 4.83. The molecule has 2 rings (SSSR count). The lowest BCUT2D eigenvalue weighted by Crippen LogP contribution is -1.92. The fraction of sp³-hybridized carbons (Fsp3) is 0.182. The van der Waals surface area contributed by atoms with Crippen LogP contribution < -0.4 is 0 Å². The van der Waals surface area contributed by atoms with Gasteiger partial charge in [-0.2, -0.15) is 0 Å². The third kappa shape index (κ3) is 2.77. The summed E-state index contributed by atoms with van der Waals surface area (Å²) in [6.07, 6.45) is 6.15. The molecular formula is C11H11N3OS. The monoisotopic (exact) mass is 233 g/mol. The summed E-state index contributed by atoms with van der Waals surface area (Å²) < 4.78 is 0. The molecule has 5 heteroatoms. The molecule has 0 aliphatic rings. The molecule has 0 spiro atoms. The van der Waals surface area contributed by atoms with Crippen molar-refractivity contribution in [3.8, 4) is 0 Å². The van der Waals surface area contributed by atoms with Gasteiger partial charge in [-0.3, -0.25) is 4.98 Å². The molecule has 82 valence electrons. The predicted molar refractivity (Wildman–Crippen MR) is 61.0 cm³/mol. The molecule has 0 aromatic carbocycles. The number of nitrogens with zero attached hydrogens (tertiary/aromatic N) is 3. The minimum absolute atomic E-state index is 0.482. The average Bonchev–Trinajstić information content (AvgIpc) is 2.30. The highest BCUT2D eigenvalue weighted by atomic mass is 32.2. The third-order valence-electron chi connectivity index (χ3n) is 1.99. The van der Waals surface area contributed by atoms with E-state index in [1.54, 1.807) is 37.8 Å². The molecule has 1 atom stereocenters. The van der Waals surface area contributed by atoms with Crippen LogP contribution in [-0.4, -0.2) is 20.1 Å². The second-order valence-corrected chi connectivity index (χ2v) is 4.29. The van der Waals surface area contributed by atoms with Gasteiger partial charge in [0.05, 0.1) is 12.3 Å². The summed E-state index contributed by atoms with van der Waals surface area (Å²) in [4.78, 5) is 12.3. The number of hydrogen-bond donors (Lipinski definition) is 1. The second-order valence-electron chi connectivity index (χ2n) is 3.25. The van der Waals surface area contributed by atoms with Gasteiger partial charge in [0.15, 0.2) is 0 Å². The average molecular weight is 233 g/mol. The van der Waals surface area contributed by atoms with Crippen molar-refractivity contribution in [1.29, 1.82) is 0 Å². The van der Waals surface area contributed by atoms with Gasteiger partial charge in [-0.15, -0.1) is 0 Å². The highest BCUT2D eigenvalue weighted by molar-refractivity contribution is 7.99. The van der Waals surface area contributed by atoms with E-state index in [0.29, 0.717) is 0 Å². The Bertz CT molecular complexity index is 462. The van der Waals surface area contributed by atoms with Crippen molar-refractivity contribution in [3.63, 3.8) is 0 Å². The summed E-state index contributed by atoms with van der Waals surface area (Å²) in [5.74, 6) is 0. The summed E-state index contributed by atoms with van der Waals surface area (Å²) in [6, 6.07) is 3.65.